The third kappa shape index (κ3) is 4.90. The Kier molecular flexibility index (Phi) is 6.09. The molecule has 3 rings (SSSR count). The third-order valence-corrected chi connectivity index (χ3v) is 4.32. The van der Waals surface area contributed by atoms with Crippen LogP contribution in [0.25, 0.3) is 11.1 Å². The van der Waals surface area contributed by atoms with Crippen LogP contribution in [-0.2, 0) is 4.79 Å². The molecule has 29 heavy (non-hydrogen) atoms. The van der Waals surface area contributed by atoms with Crippen molar-refractivity contribution in [1.29, 1.82) is 5.41 Å². The second-order valence-corrected chi connectivity index (χ2v) is 6.37. The summed E-state index contributed by atoms with van der Waals surface area (Å²) >= 11 is 0. The van der Waals surface area contributed by atoms with Crippen molar-refractivity contribution in [2.24, 2.45) is 5.73 Å². The lowest BCUT2D eigenvalue weighted by Crippen LogP contribution is -2.21. The molecule has 7 nitrogen and oxygen atoms in total. The lowest BCUT2D eigenvalue weighted by atomic mass is 9.99. The number of nitrogens with two attached hydrogens (primary N) is 1. The van der Waals surface area contributed by atoms with Gasteiger partial charge in [0, 0.05) is 29.2 Å². The van der Waals surface area contributed by atoms with Crippen LogP contribution in [-0.4, -0.2) is 28.5 Å². The Morgan fingerprint density at radius 2 is 1.97 bits per heavy atom. The van der Waals surface area contributed by atoms with Crippen molar-refractivity contribution in [1.82, 2.24) is 4.98 Å². The van der Waals surface area contributed by atoms with Crippen LogP contribution >= 0.6 is 0 Å². The van der Waals surface area contributed by atoms with Crippen LogP contribution in [0.4, 0.5) is 5.69 Å². The monoisotopic (exact) mass is 390 g/mol. The third-order valence-electron chi connectivity index (χ3n) is 4.32. The second-order valence-electron chi connectivity index (χ2n) is 6.37. The van der Waals surface area contributed by atoms with Crippen molar-refractivity contribution < 1.29 is 14.6 Å². The lowest BCUT2D eigenvalue weighted by Gasteiger charge is -2.19. The topological polar surface area (TPSA) is 121 Å². The number of hydrogen-bond acceptors (Lipinski definition) is 5. The summed E-state index contributed by atoms with van der Waals surface area (Å²) in [7, 11) is 0. The maximum Gasteiger partial charge on any atom is 0.330 e. The summed E-state index contributed by atoms with van der Waals surface area (Å²) < 4.78 is 5.65. The number of carboxylic acid groups (broad SMARTS) is 1. The number of ether oxygens (including phenoxy) is 1. The van der Waals surface area contributed by atoms with E-state index in [1.165, 1.54) is 0 Å². The van der Waals surface area contributed by atoms with E-state index in [9.17, 15) is 9.90 Å². The Morgan fingerprint density at radius 1 is 1.21 bits per heavy atom. The van der Waals surface area contributed by atoms with Crippen molar-refractivity contribution in [3.05, 3.63) is 78.1 Å². The zero-order valence-corrected chi connectivity index (χ0v) is 15.9. The van der Waals surface area contributed by atoms with Crippen LogP contribution in [0.15, 0.2) is 67.0 Å². The molecule has 0 radical (unpaired) electrons. The van der Waals surface area contributed by atoms with E-state index in [1.54, 1.807) is 42.7 Å². The van der Waals surface area contributed by atoms with E-state index in [4.69, 9.17) is 15.9 Å². The minimum Gasteiger partial charge on any atom is -0.494 e. The number of nitrogens with zero attached hydrogens (tertiary/aromatic N) is 1. The molecule has 2 aromatic carbocycles. The fourth-order valence-corrected chi connectivity index (χ4v) is 2.94. The molecule has 1 heterocycles. The highest BCUT2D eigenvalue weighted by molar-refractivity contribution is 5.95. The number of pyridine rings is 1. The summed E-state index contributed by atoms with van der Waals surface area (Å²) in [6, 6.07) is 14.9. The number of aromatic nitrogens is 1. The van der Waals surface area contributed by atoms with Crippen LogP contribution < -0.4 is 15.8 Å². The summed E-state index contributed by atoms with van der Waals surface area (Å²) in [4.78, 5) is 16.2. The zero-order valence-electron chi connectivity index (χ0n) is 15.9. The largest absolute Gasteiger partial charge is 0.494 e. The highest BCUT2D eigenvalue weighted by Crippen LogP contribution is 2.30. The first-order valence-corrected chi connectivity index (χ1v) is 9.10. The Balaban J connectivity index is 1.98. The lowest BCUT2D eigenvalue weighted by molar-refractivity contribution is -0.138. The molecular formula is C22H22N4O3. The first-order chi connectivity index (χ1) is 14.0. The molecule has 0 bridgehead atoms. The molecule has 0 amide bonds. The minimum absolute atomic E-state index is 0.0446. The van der Waals surface area contributed by atoms with E-state index in [2.05, 4.69) is 10.3 Å². The van der Waals surface area contributed by atoms with Gasteiger partial charge >= 0.3 is 5.97 Å². The molecule has 1 atom stereocenters. The first-order valence-electron chi connectivity index (χ1n) is 9.10. The van der Waals surface area contributed by atoms with Crippen LogP contribution in [0.1, 0.15) is 24.1 Å². The maximum atomic E-state index is 12.0. The van der Waals surface area contributed by atoms with Gasteiger partial charge in [0.05, 0.1) is 6.61 Å². The van der Waals surface area contributed by atoms with Gasteiger partial charge in [0.25, 0.3) is 0 Å². The molecule has 1 aromatic heterocycles. The standard InChI is InChI=1S/C22H22N4O3/c1-2-29-19-11-16(15-4-3-9-25-13-15)10-17(12-19)20(22(27)28)26-18-7-5-14(6-8-18)21(23)24/h3-13,20,26H,2H2,1H3,(H3,23,24)(H,27,28). The molecule has 1 unspecified atom stereocenters. The second kappa shape index (κ2) is 8.88. The number of amidine groups is 1. The van der Waals surface area contributed by atoms with Crippen LogP contribution in [0, 0.1) is 5.41 Å². The van der Waals surface area contributed by atoms with Crippen LogP contribution in [0.2, 0.25) is 0 Å². The van der Waals surface area contributed by atoms with E-state index in [0.29, 0.717) is 29.2 Å². The van der Waals surface area contributed by atoms with Gasteiger partial charge < -0.3 is 20.9 Å². The normalized spacial score (nSPS) is 11.5. The van der Waals surface area contributed by atoms with Crippen molar-refractivity contribution in [3.8, 4) is 16.9 Å². The fourth-order valence-electron chi connectivity index (χ4n) is 2.94. The Bertz CT molecular complexity index is 1000. The summed E-state index contributed by atoms with van der Waals surface area (Å²) in [5, 5.41) is 20.3. The number of anilines is 1. The van der Waals surface area contributed by atoms with Crippen LogP contribution in [0.3, 0.4) is 0 Å². The maximum absolute atomic E-state index is 12.0. The highest BCUT2D eigenvalue weighted by atomic mass is 16.5. The summed E-state index contributed by atoms with van der Waals surface area (Å²) in [5.41, 5.74) is 8.88. The predicted octanol–water partition coefficient (Wildman–Crippen LogP) is 3.67. The van der Waals surface area contributed by atoms with Crippen molar-refractivity contribution in [2.75, 3.05) is 11.9 Å². The van der Waals surface area contributed by atoms with Gasteiger partial charge in [-0.25, -0.2) is 4.79 Å². The van der Waals surface area contributed by atoms with Gasteiger partial charge in [0.2, 0.25) is 0 Å². The molecule has 0 saturated carbocycles. The van der Waals surface area contributed by atoms with Gasteiger partial charge in [0.15, 0.2) is 6.04 Å². The van der Waals surface area contributed by atoms with Gasteiger partial charge in [-0.2, -0.15) is 0 Å². The number of hydrogen-bond donors (Lipinski definition) is 4. The number of rotatable bonds is 8. The molecule has 0 fully saturated rings. The summed E-state index contributed by atoms with van der Waals surface area (Å²) in [6.45, 7) is 2.34. The van der Waals surface area contributed by atoms with Gasteiger partial charge in [-0.3, -0.25) is 10.4 Å². The zero-order chi connectivity index (χ0) is 20.8. The molecule has 0 aliphatic carbocycles. The SMILES string of the molecule is CCOc1cc(-c2cccnc2)cc(C(Nc2ccc(C(=N)N)cc2)C(=O)O)c1. The van der Waals surface area contributed by atoms with E-state index in [0.717, 1.165) is 11.1 Å². The average Bonchev–Trinajstić information content (AvgIpc) is 2.72. The van der Waals surface area contributed by atoms with E-state index < -0.39 is 12.0 Å². The fraction of sp³-hybridized carbons (Fsp3) is 0.136. The number of carboxylic acids is 1. The number of nitrogen functional groups attached to an aromatic ring is 1. The Morgan fingerprint density at radius 3 is 2.55 bits per heavy atom. The van der Waals surface area contributed by atoms with Crippen molar-refractivity contribution in [2.45, 2.75) is 13.0 Å². The molecule has 5 N–H and O–H groups in total. The van der Waals surface area contributed by atoms with E-state index in [-0.39, 0.29) is 5.84 Å². The smallest absolute Gasteiger partial charge is 0.330 e. The molecule has 0 aliphatic heterocycles. The average molecular weight is 390 g/mol. The number of carbonyl (C=O) groups is 1. The molecule has 0 spiro atoms. The number of aliphatic carboxylic acids is 1. The quantitative estimate of drug-likeness (QED) is 0.344. The number of nitrogens with one attached hydrogen (secondary N) is 2. The first kappa shape index (κ1) is 19.9. The minimum atomic E-state index is -1.02. The van der Waals surface area contributed by atoms with Crippen LogP contribution in [0.5, 0.6) is 5.75 Å². The molecule has 7 heteroatoms. The Labute approximate surface area is 168 Å². The van der Waals surface area contributed by atoms with Gasteiger partial charge in [0.1, 0.15) is 11.6 Å². The highest BCUT2D eigenvalue weighted by Gasteiger charge is 2.21. The number of benzene rings is 2. The molecule has 148 valence electrons. The van der Waals surface area contributed by atoms with E-state index in [1.807, 2.05) is 31.2 Å². The molecule has 0 saturated heterocycles. The van der Waals surface area contributed by atoms with Gasteiger partial charge in [-0.15, -0.1) is 0 Å². The molecular weight excluding hydrogens is 368 g/mol. The summed E-state index contributed by atoms with van der Waals surface area (Å²) in [6.07, 6.45) is 3.40. The van der Waals surface area contributed by atoms with Crippen molar-refractivity contribution in [3.63, 3.8) is 0 Å². The van der Waals surface area contributed by atoms with Crippen molar-refractivity contribution >= 4 is 17.5 Å². The molecule has 3 aromatic rings. The Hall–Kier alpha value is -3.87. The van der Waals surface area contributed by atoms with Gasteiger partial charge in [-0.1, -0.05) is 6.07 Å². The predicted molar refractivity (Wildman–Crippen MR) is 112 cm³/mol. The van der Waals surface area contributed by atoms with E-state index >= 15 is 0 Å². The summed E-state index contributed by atoms with van der Waals surface area (Å²) in [5.74, 6) is -0.480. The molecule has 0 aliphatic rings. The van der Waals surface area contributed by atoms with Gasteiger partial charge in [-0.05, 0) is 66.6 Å².